The lowest BCUT2D eigenvalue weighted by atomic mass is 10.2. The molecular formula is C12H13ClN2O2S2. The van der Waals surface area contributed by atoms with Crippen molar-refractivity contribution in [3.8, 4) is 0 Å². The van der Waals surface area contributed by atoms with Crippen molar-refractivity contribution < 1.29 is 8.42 Å². The number of aromatic nitrogens is 1. The Morgan fingerprint density at radius 1 is 1.47 bits per heavy atom. The molecule has 4 nitrogen and oxygen atoms in total. The van der Waals surface area contributed by atoms with Gasteiger partial charge in [-0.25, -0.2) is 13.1 Å². The van der Waals surface area contributed by atoms with Gasteiger partial charge in [-0.15, -0.1) is 11.3 Å². The molecule has 0 unspecified atom stereocenters. The molecule has 0 aliphatic carbocycles. The van der Waals surface area contributed by atoms with Crippen molar-refractivity contribution in [3.63, 3.8) is 0 Å². The second kappa shape index (κ2) is 6.00. The van der Waals surface area contributed by atoms with Crippen LogP contribution in [0, 0.1) is 6.92 Å². The van der Waals surface area contributed by atoms with E-state index in [0.717, 1.165) is 22.5 Å². The molecule has 0 aliphatic rings. The topological polar surface area (TPSA) is 59.1 Å². The van der Waals surface area contributed by atoms with E-state index in [1.807, 2.05) is 12.1 Å². The predicted molar refractivity (Wildman–Crippen MR) is 77.2 cm³/mol. The number of hydrogen-bond acceptors (Lipinski definition) is 4. The minimum atomic E-state index is -3.47. The zero-order valence-electron chi connectivity index (χ0n) is 10.3. The summed E-state index contributed by atoms with van der Waals surface area (Å²) >= 11 is 6.95. The van der Waals surface area contributed by atoms with Gasteiger partial charge in [0.1, 0.15) is 4.21 Å². The number of hydrogen-bond donors (Lipinski definition) is 1. The molecule has 7 heteroatoms. The molecule has 0 saturated carbocycles. The smallest absolute Gasteiger partial charge is 0.250 e. The van der Waals surface area contributed by atoms with Crippen molar-refractivity contribution in [2.75, 3.05) is 6.54 Å². The van der Waals surface area contributed by atoms with Crippen LogP contribution in [0.3, 0.4) is 0 Å². The fraction of sp³-hybridized carbons (Fsp3) is 0.250. The quantitative estimate of drug-likeness (QED) is 0.922. The van der Waals surface area contributed by atoms with Gasteiger partial charge in [0.05, 0.1) is 4.34 Å². The van der Waals surface area contributed by atoms with Crippen molar-refractivity contribution in [1.82, 2.24) is 9.71 Å². The average molecular weight is 317 g/mol. The first-order chi connectivity index (χ1) is 8.99. The van der Waals surface area contributed by atoms with Crippen molar-refractivity contribution in [2.24, 2.45) is 0 Å². The third-order valence-corrected chi connectivity index (χ3v) is 6.02. The lowest BCUT2D eigenvalue weighted by molar-refractivity contribution is 0.583. The third kappa shape index (κ3) is 3.76. The van der Waals surface area contributed by atoms with Gasteiger partial charge < -0.3 is 0 Å². The average Bonchev–Trinajstić information content (AvgIpc) is 2.72. The summed E-state index contributed by atoms with van der Waals surface area (Å²) in [6, 6.07) is 5.32. The molecule has 0 amide bonds. The Hall–Kier alpha value is -0.950. The maximum atomic E-state index is 12.0. The first kappa shape index (κ1) is 14.5. The van der Waals surface area contributed by atoms with E-state index >= 15 is 0 Å². The maximum Gasteiger partial charge on any atom is 0.250 e. The van der Waals surface area contributed by atoms with Crippen LogP contribution in [-0.4, -0.2) is 19.9 Å². The highest BCUT2D eigenvalue weighted by atomic mass is 35.5. The number of aryl methyl sites for hydroxylation is 1. The summed E-state index contributed by atoms with van der Waals surface area (Å²) < 4.78 is 27.3. The van der Waals surface area contributed by atoms with E-state index in [1.165, 1.54) is 0 Å². The summed E-state index contributed by atoms with van der Waals surface area (Å²) in [5.41, 5.74) is 1.77. The molecule has 0 atom stereocenters. The molecule has 0 aromatic carbocycles. The molecule has 102 valence electrons. The van der Waals surface area contributed by atoms with Crippen LogP contribution in [0.1, 0.15) is 11.1 Å². The van der Waals surface area contributed by atoms with Gasteiger partial charge in [-0.05, 0) is 36.6 Å². The van der Waals surface area contributed by atoms with Gasteiger partial charge in [0.15, 0.2) is 0 Å². The van der Waals surface area contributed by atoms with Gasteiger partial charge >= 0.3 is 0 Å². The summed E-state index contributed by atoms with van der Waals surface area (Å²) in [6.45, 7) is 2.12. The van der Waals surface area contributed by atoms with E-state index in [1.54, 1.807) is 25.4 Å². The molecular weight excluding hydrogens is 304 g/mol. The molecule has 19 heavy (non-hydrogen) atoms. The normalized spacial score (nSPS) is 11.7. The van der Waals surface area contributed by atoms with Crippen molar-refractivity contribution in [1.29, 1.82) is 0 Å². The van der Waals surface area contributed by atoms with Crippen molar-refractivity contribution >= 4 is 33.0 Å². The van der Waals surface area contributed by atoms with Gasteiger partial charge in [0.2, 0.25) is 10.0 Å². The predicted octanol–water partition coefficient (Wildman–Crippen LogP) is 2.63. The Labute approximate surface area is 121 Å². The number of pyridine rings is 1. The summed E-state index contributed by atoms with van der Waals surface area (Å²) in [5.74, 6) is 0. The van der Waals surface area contributed by atoms with Gasteiger partial charge in [-0.2, -0.15) is 0 Å². The first-order valence-electron chi connectivity index (χ1n) is 5.63. The van der Waals surface area contributed by atoms with E-state index in [0.29, 0.717) is 17.3 Å². The molecule has 0 bridgehead atoms. The van der Waals surface area contributed by atoms with Crippen LogP contribution < -0.4 is 4.72 Å². The summed E-state index contributed by atoms with van der Waals surface area (Å²) in [7, 11) is -3.47. The lowest BCUT2D eigenvalue weighted by Crippen LogP contribution is -2.25. The molecule has 0 aliphatic heterocycles. The van der Waals surface area contributed by atoms with Crippen LogP contribution in [0.25, 0.3) is 0 Å². The summed E-state index contributed by atoms with van der Waals surface area (Å²) in [5, 5.41) is 0. The van der Waals surface area contributed by atoms with Gasteiger partial charge in [0.25, 0.3) is 0 Å². The van der Waals surface area contributed by atoms with Crippen LogP contribution in [0.5, 0.6) is 0 Å². The second-order valence-corrected chi connectivity index (χ2v) is 7.68. The summed E-state index contributed by atoms with van der Waals surface area (Å²) in [4.78, 5) is 3.98. The summed E-state index contributed by atoms with van der Waals surface area (Å²) in [6.07, 6.45) is 4.01. The molecule has 2 aromatic rings. The third-order valence-electron chi connectivity index (χ3n) is 2.53. The Morgan fingerprint density at radius 2 is 2.26 bits per heavy atom. The maximum absolute atomic E-state index is 12.0. The minimum absolute atomic E-state index is 0.251. The molecule has 2 heterocycles. The SMILES string of the molecule is Cc1cc(S(=O)(=O)NCCc2cccnc2)sc1Cl. The Kier molecular flexibility index (Phi) is 4.57. The number of nitrogens with zero attached hydrogens (tertiary/aromatic N) is 1. The number of halogens is 1. The van der Waals surface area contributed by atoms with Crippen molar-refractivity contribution in [2.45, 2.75) is 17.6 Å². The molecule has 1 N–H and O–H groups in total. The van der Waals surface area contributed by atoms with E-state index in [2.05, 4.69) is 9.71 Å². The van der Waals surface area contributed by atoms with Crippen LogP contribution in [0.2, 0.25) is 4.34 Å². The Bertz CT molecular complexity index is 634. The zero-order chi connectivity index (χ0) is 13.9. The highest BCUT2D eigenvalue weighted by molar-refractivity contribution is 7.91. The Balaban J connectivity index is 1.99. The van der Waals surface area contributed by atoms with Gasteiger partial charge in [-0.3, -0.25) is 4.98 Å². The second-order valence-electron chi connectivity index (χ2n) is 4.03. The number of rotatable bonds is 5. The highest BCUT2D eigenvalue weighted by Crippen LogP contribution is 2.29. The number of sulfonamides is 1. The van der Waals surface area contributed by atoms with E-state index < -0.39 is 10.0 Å². The fourth-order valence-electron chi connectivity index (χ4n) is 1.51. The van der Waals surface area contributed by atoms with Gasteiger partial charge in [-0.1, -0.05) is 17.7 Å². The van der Waals surface area contributed by atoms with E-state index in [9.17, 15) is 8.42 Å². The van der Waals surface area contributed by atoms with Gasteiger partial charge in [0, 0.05) is 18.9 Å². The number of thiophene rings is 1. The van der Waals surface area contributed by atoms with Crippen molar-refractivity contribution in [3.05, 3.63) is 46.1 Å². The van der Waals surface area contributed by atoms with Crippen LogP contribution in [0.15, 0.2) is 34.8 Å². The van der Waals surface area contributed by atoms with Crippen LogP contribution >= 0.6 is 22.9 Å². The van der Waals surface area contributed by atoms with E-state index in [-0.39, 0.29) is 4.21 Å². The number of nitrogens with one attached hydrogen (secondary N) is 1. The lowest BCUT2D eigenvalue weighted by Gasteiger charge is -2.04. The largest absolute Gasteiger partial charge is 0.264 e. The molecule has 0 radical (unpaired) electrons. The van der Waals surface area contributed by atoms with Crippen LogP contribution in [-0.2, 0) is 16.4 Å². The monoisotopic (exact) mass is 316 g/mol. The van der Waals surface area contributed by atoms with Crippen LogP contribution in [0.4, 0.5) is 0 Å². The molecule has 0 saturated heterocycles. The highest BCUT2D eigenvalue weighted by Gasteiger charge is 2.17. The Morgan fingerprint density at radius 3 is 2.84 bits per heavy atom. The first-order valence-corrected chi connectivity index (χ1v) is 8.31. The fourth-order valence-corrected chi connectivity index (χ4v) is 4.30. The van der Waals surface area contributed by atoms with E-state index in [4.69, 9.17) is 11.6 Å². The zero-order valence-corrected chi connectivity index (χ0v) is 12.6. The standard InChI is InChI=1S/C12H13ClN2O2S2/c1-9-7-11(18-12(9)13)19(16,17)15-6-4-10-3-2-5-14-8-10/h2-3,5,7-8,15H,4,6H2,1H3. The molecule has 0 fully saturated rings. The minimum Gasteiger partial charge on any atom is -0.264 e. The molecule has 2 rings (SSSR count). The molecule has 2 aromatic heterocycles. The molecule has 0 spiro atoms.